The summed E-state index contributed by atoms with van der Waals surface area (Å²) in [6.45, 7) is 0.578. The number of hydrogen-bond donors (Lipinski definition) is 3. The number of nitrogens with two attached hydrogens (primary N) is 2. The molecule has 0 bridgehead atoms. The summed E-state index contributed by atoms with van der Waals surface area (Å²) in [6.07, 6.45) is 3.19. The van der Waals surface area contributed by atoms with E-state index in [0.29, 0.717) is 23.7 Å². The zero-order valence-electron chi connectivity index (χ0n) is 12.8. The number of carbonyl (C=O) groups is 1. The molecule has 23 heavy (non-hydrogen) atoms. The molecule has 0 saturated carbocycles. The molecule has 1 unspecified atom stereocenters. The molecule has 2 aromatic carbocycles. The molecule has 1 amide bonds. The monoisotopic (exact) mass is 313 g/mol. The number of amides is 1. The highest BCUT2D eigenvalue weighted by Gasteiger charge is 2.20. The second-order valence-electron chi connectivity index (χ2n) is 5.92. The van der Waals surface area contributed by atoms with Crippen LogP contribution in [0.15, 0.2) is 36.4 Å². The summed E-state index contributed by atoms with van der Waals surface area (Å²) >= 11 is 0. The van der Waals surface area contributed by atoms with Crippen molar-refractivity contribution in [1.29, 1.82) is 0 Å². The fourth-order valence-electron chi connectivity index (χ4n) is 3.11. The Morgan fingerprint density at radius 1 is 1.26 bits per heavy atom. The lowest BCUT2D eigenvalue weighted by Crippen LogP contribution is -2.20. The number of hydrogen-bond acceptors (Lipinski definition) is 3. The zero-order valence-corrected chi connectivity index (χ0v) is 12.8. The van der Waals surface area contributed by atoms with Crippen LogP contribution in [0.3, 0.4) is 0 Å². The van der Waals surface area contributed by atoms with Crippen LogP contribution in [0.25, 0.3) is 0 Å². The Morgan fingerprint density at radius 3 is 2.87 bits per heavy atom. The number of fused-ring (bicyclic) bond motifs is 1. The molecule has 1 aliphatic rings. The number of rotatable bonds is 3. The lowest BCUT2D eigenvalue weighted by atomic mass is 9.82. The van der Waals surface area contributed by atoms with Crippen molar-refractivity contribution in [3.63, 3.8) is 0 Å². The summed E-state index contributed by atoms with van der Waals surface area (Å²) in [4.78, 5) is 12.4. The first-order chi connectivity index (χ1) is 11.1. The third-order valence-corrected chi connectivity index (χ3v) is 4.39. The second kappa shape index (κ2) is 6.38. The predicted molar refractivity (Wildman–Crippen MR) is 89.9 cm³/mol. The summed E-state index contributed by atoms with van der Waals surface area (Å²) < 4.78 is 13.3. The van der Waals surface area contributed by atoms with Crippen molar-refractivity contribution >= 4 is 17.3 Å². The molecule has 0 spiro atoms. The summed E-state index contributed by atoms with van der Waals surface area (Å²) in [5.74, 6) is -0.444. The van der Waals surface area contributed by atoms with E-state index in [-0.39, 0.29) is 11.6 Å². The summed E-state index contributed by atoms with van der Waals surface area (Å²) in [5, 5.41) is 2.67. The van der Waals surface area contributed by atoms with Gasteiger partial charge in [-0.2, -0.15) is 0 Å². The van der Waals surface area contributed by atoms with Gasteiger partial charge in [0.25, 0.3) is 5.91 Å². The van der Waals surface area contributed by atoms with Crippen molar-refractivity contribution in [1.82, 2.24) is 0 Å². The van der Waals surface area contributed by atoms with Crippen molar-refractivity contribution in [3.8, 4) is 0 Å². The molecule has 5 N–H and O–H groups in total. The SMILES string of the molecule is NCC1CCCc2ccc(C(=O)Nc3cc(F)ccc3N)cc21. The molecule has 120 valence electrons. The molecule has 0 radical (unpaired) electrons. The van der Waals surface area contributed by atoms with E-state index < -0.39 is 5.82 Å². The van der Waals surface area contributed by atoms with Gasteiger partial charge in [-0.25, -0.2) is 4.39 Å². The molecule has 0 heterocycles. The maximum atomic E-state index is 13.3. The smallest absolute Gasteiger partial charge is 0.255 e. The molecular weight excluding hydrogens is 293 g/mol. The maximum Gasteiger partial charge on any atom is 0.255 e. The molecule has 5 heteroatoms. The molecular formula is C18H20FN3O. The van der Waals surface area contributed by atoms with Gasteiger partial charge in [0.2, 0.25) is 0 Å². The first-order valence-electron chi connectivity index (χ1n) is 7.77. The molecule has 3 rings (SSSR count). The highest BCUT2D eigenvalue weighted by Crippen LogP contribution is 2.31. The van der Waals surface area contributed by atoms with Crippen LogP contribution in [0.1, 0.15) is 40.2 Å². The Bertz CT molecular complexity index is 745. The Hall–Kier alpha value is -2.40. The number of benzene rings is 2. The van der Waals surface area contributed by atoms with Crippen LogP contribution in [0.5, 0.6) is 0 Å². The molecule has 0 saturated heterocycles. The highest BCUT2D eigenvalue weighted by molar-refractivity contribution is 6.05. The van der Waals surface area contributed by atoms with Gasteiger partial charge in [-0.05, 0) is 73.2 Å². The maximum absolute atomic E-state index is 13.3. The van der Waals surface area contributed by atoms with E-state index in [4.69, 9.17) is 11.5 Å². The average Bonchev–Trinajstić information content (AvgIpc) is 2.57. The van der Waals surface area contributed by atoms with Crippen molar-refractivity contribution in [3.05, 3.63) is 58.9 Å². The average molecular weight is 313 g/mol. The van der Waals surface area contributed by atoms with Crippen LogP contribution in [0, 0.1) is 5.82 Å². The molecule has 2 aromatic rings. The topological polar surface area (TPSA) is 81.1 Å². The molecule has 1 atom stereocenters. The summed E-state index contributed by atoms with van der Waals surface area (Å²) in [6, 6.07) is 9.59. The fourth-order valence-corrected chi connectivity index (χ4v) is 3.11. The van der Waals surface area contributed by atoms with Gasteiger partial charge >= 0.3 is 0 Å². The van der Waals surface area contributed by atoms with Gasteiger partial charge in [0.15, 0.2) is 0 Å². The molecule has 1 aliphatic carbocycles. The van der Waals surface area contributed by atoms with Crippen LogP contribution < -0.4 is 16.8 Å². The molecule has 0 aliphatic heterocycles. The van der Waals surface area contributed by atoms with E-state index in [0.717, 1.165) is 24.8 Å². The van der Waals surface area contributed by atoms with Crippen LogP contribution >= 0.6 is 0 Å². The summed E-state index contributed by atoms with van der Waals surface area (Å²) in [5.41, 5.74) is 15.2. The fraction of sp³-hybridized carbons (Fsp3) is 0.278. The zero-order chi connectivity index (χ0) is 16.4. The van der Waals surface area contributed by atoms with Crippen molar-refractivity contribution in [2.24, 2.45) is 5.73 Å². The number of anilines is 2. The van der Waals surface area contributed by atoms with E-state index in [1.165, 1.54) is 23.8 Å². The van der Waals surface area contributed by atoms with Crippen LogP contribution in [-0.2, 0) is 6.42 Å². The number of nitrogen functional groups attached to an aromatic ring is 1. The Labute approximate surface area is 134 Å². The van der Waals surface area contributed by atoms with Gasteiger partial charge in [0, 0.05) is 5.56 Å². The van der Waals surface area contributed by atoms with E-state index in [1.807, 2.05) is 12.1 Å². The number of carbonyl (C=O) groups excluding carboxylic acids is 1. The van der Waals surface area contributed by atoms with Crippen LogP contribution in [0.2, 0.25) is 0 Å². The van der Waals surface area contributed by atoms with Gasteiger partial charge in [-0.3, -0.25) is 4.79 Å². The quantitative estimate of drug-likeness (QED) is 0.762. The highest BCUT2D eigenvalue weighted by atomic mass is 19.1. The van der Waals surface area contributed by atoms with E-state index >= 15 is 0 Å². The minimum absolute atomic E-state index is 0.281. The lowest BCUT2D eigenvalue weighted by molar-refractivity contribution is 0.102. The van der Waals surface area contributed by atoms with Gasteiger partial charge in [0.1, 0.15) is 5.82 Å². The van der Waals surface area contributed by atoms with E-state index in [2.05, 4.69) is 5.32 Å². The first-order valence-corrected chi connectivity index (χ1v) is 7.77. The third kappa shape index (κ3) is 3.19. The van der Waals surface area contributed by atoms with Crippen molar-refractivity contribution in [2.45, 2.75) is 25.2 Å². The molecule has 4 nitrogen and oxygen atoms in total. The van der Waals surface area contributed by atoms with Crippen LogP contribution in [0.4, 0.5) is 15.8 Å². The first kappa shape index (κ1) is 15.5. The number of halogens is 1. The van der Waals surface area contributed by atoms with Crippen LogP contribution in [-0.4, -0.2) is 12.5 Å². The van der Waals surface area contributed by atoms with Crippen molar-refractivity contribution < 1.29 is 9.18 Å². The Morgan fingerprint density at radius 2 is 2.09 bits per heavy atom. The second-order valence-corrected chi connectivity index (χ2v) is 5.92. The lowest BCUT2D eigenvalue weighted by Gasteiger charge is -2.24. The van der Waals surface area contributed by atoms with E-state index in [9.17, 15) is 9.18 Å². The van der Waals surface area contributed by atoms with Gasteiger partial charge < -0.3 is 16.8 Å². The summed E-state index contributed by atoms with van der Waals surface area (Å²) in [7, 11) is 0. The minimum atomic E-state index is -0.442. The normalized spacial score (nSPS) is 16.7. The van der Waals surface area contributed by atoms with Gasteiger partial charge in [-0.1, -0.05) is 6.07 Å². The van der Waals surface area contributed by atoms with E-state index in [1.54, 1.807) is 6.07 Å². The number of nitrogens with one attached hydrogen (secondary N) is 1. The van der Waals surface area contributed by atoms with Gasteiger partial charge in [-0.15, -0.1) is 0 Å². The van der Waals surface area contributed by atoms with Crippen molar-refractivity contribution in [2.75, 3.05) is 17.6 Å². The standard InChI is InChI=1S/C18H20FN3O/c19-14-6-7-16(21)17(9-14)22-18(23)12-5-4-11-2-1-3-13(10-20)15(11)8-12/h4-9,13H,1-3,10,20-21H2,(H,22,23). The van der Waals surface area contributed by atoms with Gasteiger partial charge in [0.05, 0.1) is 11.4 Å². The molecule has 0 fully saturated rings. The molecule has 0 aromatic heterocycles. The predicted octanol–water partition coefficient (Wildman–Crippen LogP) is 3.04. The minimum Gasteiger partial charge on any atom is -0.397 e. The largest absolute Gasteiger partial charge is 0.397 e. The Balaban J connectivity index is 1.87. The Kier molecular flexibility index (Phi) is 4.30. The number of aryl methyl sites for hydroxylation is 1. The third-order valence-electron chi connectivity index (χ3n) is 4.39.